The first-order valence-electron chi connectivity index (χ1n) is 8.24. The first-order chi connectivity index (χ1) is 13.3. The quantitative estimate of drug-likeness (QED) is 0.597. The normalized spacial score (nSPS) is 11.1. The molecule has 0 aliphatic carbocycles. The second-order valence-electron chi connectivity index (χ2n) is 5.94. The summed E-state index contributed by atoms with van der Waals surface area (Å²) in [5.41, 5.74) is 0.595. The second kappa shape index (κ2) is 8.08. The van der Waals surface area contributed by atoms with Gasteiger partial charge in [0.1, 0.15) is 5.82 Å². The van der Waals surface area contributed by atoms with Crippen molar-refractivity contribution in [1.82, 2.24) is 4.98 Å². The summed E-state index contributed by atoms with van der Waals surface area (Å²) in [5.74, 6) is -0.874. The van der Waals surface area contributed by atoms with Gasteiger partial charge in [-0.3, -0.25) is 9.78 Å². The number of pyridine rings is 1. The molecule has 3 aromatic rings. The number of hydrogen-bond acceptors (Lipinski definition) is 3. The smallest absolute Gasteiger partial charge is 0.380 e. The molecule has 4 nitrogen and oxygen atoms in total. The van der Waals surface area contributed by atoms with Gasteiger partial charge in [0.25, 0.3) is 5.91 Å². The Morgan fingerprint density at radius 1 is 0.964 bits per heavy atom. The summed E-state index contributed by atoms with van der Waals surface area (Å²) in [6.07, 6.45) is -1.63. The summed E-state index contributed by atoms with van der Waals surface area (Å²) >= 11 is 0. The molecule has 144 valence electrons. The highest BCUT2D eigenvalue weighted by Gasteiger charge is 2.30. The van der Waals surface area contributed by atoms with Crippen LogP contribution in [-0.4, -0.2) is 10.9 Å². The molecule has 0 spiro atoms. The number of nitrogens with one attached hydrogen (secondary N) is 2. The molecular formula is C20H15F4N3O. The van der Waals surface area contributed by atoms with Gasteiger partial charge in [0, 0.05) is 30.2 Å². The molecule has 2 aromatic carbocycles. The third-order valence-corrected chi connectivity index (χ3v) is 3.91. The van der Waals surface area contributed by atoms with Crippen molar-refractivity contribution in [1.29, 1.82) is 0 Å². The van der Waals surface area contributed by atoms with Gasteiger partial charge in [0.15, 0.2) is 0 Å². The number of benzene rings is 2. The van der Waals surface area contributed by atoms with Gasteiger partial charge in [0.2, 0.25) is 0 Å². The van der Waals surface area contributed by atoms with Crippen molar-refractivity contribution in [2.75, 3.05) is 10.6 Å². The Bertz CT molecular complexity index is 972. The molecular weight excluding hydrogens is 374 g/mol. The molecule has 2 N–H and O–H groups in total. The van der Waals surface area contributed by atoms with E-state index < -0.39 is 17.6 Å². The highest BCUT2D eigenvalue weighted by Crippen LogP contribution is 2.29. The summed E-state index contributed by atoms with van der Waals surface area (Å²) in [6.45, 7) is 0.207. The van der Waals surface area contributed by atoms with Crippen LogP contribution in [0.15, 0.2) is 67.0 Å². The van der Waals surface area contributed by atoms with E-state index >= 15 is 0 Å². The summed E-state index contributed by atoms with van der Waals surface area (Å²) in [7, 11) is 0. The molecule has 0 aliphatic heterocycles. The van der Waals surface area contributed by atoms with Crippen molar-refractivity contribution >= 4 is 17.3 Å². The van der Waals surface area contributed by atoms with Crippen molar-refractivity contribution in [3.63, 3.8) is 0 Å². The highest BCUT2D eigenvalue weighted by molar-refractivity contribution is 6.04. The Hall–Kier alpha value is -3.42. The van der Waals surface area contributed by atoms with Crippen molar-refractivity contribution in [2.24, 2.45) is 0 Å². The van der Waals surface area contributed by atoms with E-state index in [-0.39, 0.29) is 23.6 Å². The lowest BCUT2D eigenvalue weighted by atomic mass is 10.2. The number of carbonyl (C=O) groups excluding carboxylic acids is 1. The Morgan fingerprint density at radius 3 is 2.36 bits per heavy atom. The molecule has 0 fully saturated rings. The molecule has 0 bridgehead atoms. The number of rotatable bonds is 5. The number of nitrogens with zero attached hydrogens (tertiary/aromatic N) is 1. The Kier molecular flexibility index (Phi) is 5.58. The lowest BCUT2D eigenvalue weighted by molar-refractivity contribution is -0.137. The first kappa shape index (κ1) is 19.3. The number of anilines is 2. The Labute approximate surface area is 158 Å². The van der Waals surface area contributed by atoms with Gasteiger partial charge in [-0.05, 0) is 36.4 Å². The second-order valence-corrected chi connectivity index (χ2v) is 5.94. The fourth-order valence-corrected chi connectivity index (χ4v) is 2.45. The molecule has 1 aromatic heterocycles. The van der Waals surface area contributed by atoms with E-state index in [1.54, 1.807) is 18.2 Å². The van der Waals surface area contributed by atoms with Gasteiger partial charge in [-0.15, -0.1) is 0 Å². The lowest BCUT2D eigenvalue weighted by Gasteiger charge is -2.10. The number of hydrogen-bond donors (Lipinski definition) is 2. The predicted octanol–water partition coefficient (Wildman–Crippen LogP) is 5.10. The molecule has 0 aliphatic rings. The number of carbonyl (C=O) groups is 1. The minimum absolute atomic E-state index is 0.207. The molecule has 1 heterocycles. The van der Waals surface area contributed by atoms with Gasteiger partial charge in [0.05, 0.1) is 16.8 Å². The summed E-state index contributed by atoms with van der Waals surface area (Å²) in [5, 5.41) is 5.49. The minimum atomic E-state index is -4.44. The van der Waals surface area contributed by atoms with Crippen molar-refractivity contribution < 1.29 is 22.4 Å². The third kappa shape index (κ3) is 4.85. The zero-order valence-electron chi connectivity index (χ0n) is 14.4. The Balaban J connectivity index is 1.66. The first-order valence-corrected chi connectivity index (χ1v) is 8.24. The van der Waals surface area contributed by atoms with Crippen LogP contribution in [0.2, 0.25) is 0 Å². The van der Waals surface area contributed by atoms with Crippen LogP contribution in [0, 0.1) is 5.82 Å². The van der Waals surface area contributed by atoms with E-state index in [4.69, 9.17) is 0 Å². The van der Waals surface area contributed by atoms with Gasteiger partial charge < -0.3 is 10.6 Å². The van der Waals surface area contributed by atoms with Gasteiger partial charge in [-0.1, -0.05) is 18.2 Å². The molecule has 0 radical (unpaired) electrons. The Morgan fingerprint density at radius 2 is 1.68 bits per heavy atom. The number of amides is 1. The SMILES string of the molecule is O=C(Nc1ccc(C(F)(F)F)cc1)c1cncc(NCc2ccccc2F)c1. The zero-order valence-corrected chi connectivity index (χ0v) is 14.4. The van der Waals surface area contributed by atoms with E-state index in [9.17, 15) is 22.4 Å². The van der Waals surface area contributed by atoms with E-state index in [1.807, 2.05) is 0 Å². The van der Waals surface area contributed by atoms with Crippen LogP contribution in [0.5, 0.6) is 0 Å². The van der Waals surface area contributed by atoms with Crippen LogP contribution in [-0.2, 0) is 12.7 Å². The zero-order chi connectivity index (χ0) is 20.1. The maximum atomic E-state index is 13.7. The average molecular weight is 389 g/mol. The topological polar surface area (TPSA) is 54.0 Å². The molecule has 3 rings (SSSR count). The van der Waals surface area contributed by atoms with Crippen LogP contribution in [0.25, 0.3) is 0 Å². The highest BCUT2D eigenvalue weighted by atomic mass is 19.4. The van der Waals surface area contributed by atoms with Gasteiger partial charge in [-0.2, -0.15) is 13.2 Å². The number of halogens is 4. The summed E-state index contributed by atoms with van der Waals surface area (Å²) in [6, 6.07) is 11.9. The molecule has 1 amide bonds. The summed E-state index contributed by atoms with van der Waals surface area (Å²) < 4.78 is 51.4. The van der Waals surface area contributed by atoms with Crippen LogP contribution < -0.4 is 10.6 Å². The molecule has 28 heavy (non-hydrogen) atoms. The monoisotopic (exact) mass is 389 g/mol. The van der Waals surface area contributed by atoms with Gasteiger partial charge >= 0.3 is 6.18 Å². The van der Waals surface area contributed by atoms with Crippen LogP contribution in [0.1, 0.15) is 21.5 Å². The minimum Gasteiger partial charge on any atom is -0.380 e. The van der Waals surface area contributed by atoms with Gasteiger partial charge in [-0.25, -0.2) is 4.39 Å². The third-order valence-electron chi connectivity index (χ3n) is 3.91. The molecule has 0 saturated carbocycles. The van der Waals surface area contributed by atoms with Crippen LogP contribution >= 0.6 is 0 Å². The van der Waals surface area contributed by atoms with Crippen LogP contribution in [0.3, 0.4) is 0 Å². The average Bonchev–Trinajstić information content (AvgIpc) is 2.67. The largest absolute Gasteiger partial charge is 0.416 e. The maximum Gasteiger partial charge on any atom is 0.416 e. The van der Waals surface area contributed by atoms with Crippen molar-refractivity contribution in [2.45, 2.75) is 12.7 Å². The van der Waals surface area contributed by atoms with E-state index in [2.05, 4.69) is 15.6 Å². The van der Waals surface area contributed by atoms with E-state index in [0.29, 0.717) is 11.3 Å². The molecule has 0 saturated heterocycles. The number of aromatic nitrogens is 1. The number of alkyl halides is 3. The molecule has 8 heteroatoms. The van der Waals surface area contributed by atoms with E-state index in [0.717, 1.165) is 12.1 Å². The summed E-state index contributed by atoms with van der Waals surface area (Å²) in [4.78, 5) is 16.3. The lowest BCUT2D eigenvalue weighted by Crippen LogP contribution is -2.13. The van der Waals surface area contributed by atoms with Crippen molar-refractivity contribution in [3.05, 3.63) is 89.5 Å². The maximum absolute atomic E-state index is 13.7. The fourth-order valence-electron chi connectivity index (χ4n) is 2.45. The predicted molar refractivity (Wildman–Crippen MR) is 97.4 cm³/mol. The van der Waals surface area contributed by atoms with E-state index in [1.165, 1.54) is 36.7 Å². The van der Waals surface area contributed by atoms with Crippen LogP contribution in [0.4, 0.5) is 28.9 Å². The molecule has 0 unspecified atom stereocenters. The molecule has 0 atom stereocenters. The van der Waals surface area contributed by atoms with Crippen molar-refractivity contribution in [3.8, 4) is 0 Å². The standard InChI is InChI=1S/C20H15F4N3O/c21-18-4-2-1-3-13(18)11-26-17-9-14(10-25-12-17)19(28)27-16-7-5-15(6-8-16)20(22,23)24/h1-10,12,26H,11H2,(H,27,28). The fraction of sp³-hybridized carbons (Fsp3) is 0.100.